The van der Waals surface area contributed by atoms with Crippen LogP contribution in [-0.4, -0.2) is 14.4 Å². The van der Waals surface area contributed by atoms with Gasteiger partial charge >= 0.3 is 0 Å². The molecule has 0 fully saturated rings. The van der Waals surface area contributed by atoms with Gasteiger partial charge in [0.25, 0.3) is 0 Å². The second kappa shape index (κ2) is 7.27. The standard InChI is InChI=1S/C32H19N3O/c1-3-8-20(9-4-1)30-31-24-16-14-22(18-25(24)27-12-7-13-29(34-30)35(27)31)23-15-17-28-26(19-23)33-32(36-28)21-10-5-2-6-11-21/h1-19H. The number of pyridine rings is 1. The Morgan fingerprint density at radius 2 is 1.31 bits per heavy atom. The van der Waals surface area contributed by atoms with Gasteiger partial charge in [-0.05, 0) is 53.6 Å². The zero-order valence-corrected chi connectivity index (χ0v) is 19.2. The average Bonchev–Trinajstić information content (AvgIpc) is 3.64. The molecule has 0 atom stereocenters. The van der Waals surface area contributed by atoms with Crippen LogP contribution >= 0.6 is 0 Å². The first kappa shape index (κ1) is 19.4. The van der Waals surface area contributed by atoms with Crippen LogP contribution in [0.5, 0.6) is 0 Å². The highest BCUT2D eigenvalue weighted by atomic mass is 16.3. The van der Waals surface area contributed by atoms with Gasteiger partial charge in [-0.3, -0.25) is 4.40 Å². The summed E-state index contributed by atoms with van der Waals surface area (Å²) in [6.07, 6.45) is 0. The first-order valence-corrected chi connectivity index (χ1v) is 12.0. The van der Waals surface area contributed by atoms with E-state index in [1.807, 2.05) is 42.5 Å². The van der Waals surface area contributed by atoms with Crippen molar-refractivity contribution >= 4 is 38.6 Å². The van der Waals surface area contributed by atoms with Crippen LogP contribution in [0.15, 0.2) is 120 Å². The lowest BCUT2D eigenvalue weighted by molar-refractivity contribution is 0.620. The van der Waals surface area contributed by atoms with Gasteiger partial charge in [0.2, 0.25) is 5.89 Å². The summed E-state index contributed by atoms with van der Waals surface area (Å²) in [7, 11) is 0. The second-order valence-electron chi connectivity index (χ2n) is 9.11. The van der Waals surface area contributed by atoms with E-state index >= 15 is 0 Å². The fourth-order valence-electron chi connectivity index (χ4n) is 5.30. The number of rotatable bonds is 3. The number of aromatic nitrogens is 3. The molecule has 0 unspecified atom stereocenters. The summed E-state index contributed by atoms with van der Waals surface area (Å²) in [5.74, 6) is 0.642. The molecule has 4 heterocycles. The van der Waals surface area contributed by atoms with Gasteiger partial charge in [-0.2, -0.15) is 0 Å². The van der Waals surface area contributed by atoms with Crippen LogP contribution in [0.1, 0.15) is 0 Å². The van der Waals surface area contributed by atoms with Gasteiger partial charge in [-0.25, -0.2) is 9.97 Å². The Hall–Kier alpha value is -4.96. The summed E-state index contributed by atoms with van der Waals surface area (Å²) < 4.78 is 8.30. The van der Waals surface area contributed by atoms with Crippen LogP contribution < -0.4 is 0 Å². The summed E-state index contributed by atoms with van der Waals surface area (Å²) in [4.78, 5) is 9.74. The van der Waals surface area contributed by atoms with E-state index in [2.05, 4.69) is 77.2 Å². The summed E-state index contributed by atoms with van der Waals surface area (Å²) in [6, 6.07) is 39.7. The second-order valence-corrected chi connectivity index (χ2v) is 9.11. The quantitative estimate of drug-likeness (QED) is 0.266. The summed E-state index contributed by atoms with van der Waals surface area (Å²) >= 11 is 0. The third kappa shape index (κ3) is 2.75. The molecule has 0 radical (unpaired) electrons. The lowest BCUT2D eigenvalue weighted by atomic mass is 10.0. The molecule has 4 heteroatoms. The molecule has 8 rings (SSSR count). The van der Waals surface area contributed by atoms with Gasteiger partial charge in [-0.1, -0.05) is 72.8 Å². The van der Waals surface area contributed by atoms with Crippen molar-refractivity contribution in [1.29, 1.82) is 0 Å². The van der Waals surface area contributed by atoms with Crippen molar-refractivity contribution in [2.75, 3.05) is 0 Å². The molecule has 4 aromatic carbocycles. The van der Waals surface area contributed by atoms with E-state index < -0.39 is 0 Å². The number of imidazole rings is 1. The van der Waals surface area contributed by atoms with E-state index in [0.29, 0.717) is 5.89 Å². The number of nitrogens with zero attached hydrogens (tertiary/aromatic N) is 3. The van der Waals surface area contributed by atoms with E-state index in [-0.39, 0.29) is 0 Å². The van der Waals surface area contributed by atoms with Crippen molar-refractivity contribution in [2.24, 2.45) is 0 Å². The third-order valence-corrected chi connectivity index (χ3v) is 6.98. The van der Waals surface area contributed by atoms with Crippen molar-refractivity contribution in [3.63, 3.8) is 0 Å². The maximum atomic E-state index is 6.02. The van der Waals surface area contributed by atoms with Crippen LogP contribution in [-0.2, 0) is 0 Å². The fourth-order valence-corrected chi connectivity index (χ4v) is 5.30. The van der Waals surface area contributed by atoms with Crippen LogP contribution in [0.25, 0.3) is 72.4 Å². The Morgan fingerprint density at radius 1 is 0.556 bits per heavy atom. The molecular formula is C32H19N3O. The first-order chi connectivity index (χ1) is 17.8. The monoisotopic (exact) mass is 461 g/mol. The molecule has 0 aliphatic rings. The van der Waals surface area contributed by atoms with Crippen LogP contribution in [0, 0.1) is 0 Å². The van der Waals surface area contributed by atoms with Gasteiger partial charge in [-0.15, -0.1) is 0 Å². The number of fused-ring (bicyclic) bond motifs is 4. The zero-order chi connectivity index (χ0) is 23.6. The molecule has 0 amide bonds. The van der Waals surface area contributed by atoms with Gasteiger partial charge in [0.15, 0.2) is 5.58 Å². The van der Waals surface area contributed by atoms with E-state index in [1.54, 1.807) is 0 Å². The average molecular weight is 462 g/mol. The lowest BCUT2D eigenvalue weighted by Crippen LogP contribution is -1.82. The van der Waals surface area contributed by atoms with Crippen molar-refractivity contribution in [2.45, 2.75) is 0 Å². The highest BCUT2D eigenvalue weighted by molar-refractivity contribution is 6.14. The minimum Gasteiger partial charge on any atom is -0.436 e. The molecule has 8 aromatic rings. The molecule has 0 spiro atoms. The zero-order valence-electron chi connectivity index (χ0n) is 19.2. The van der Waals surface area contributed by atoms with Crippen molar-refractivity contribution in [3.05, 3.63) is 115 Å². The SMILES string of the molecule is c1ccc(-c2nc3cc(-c4ccc5c(c4)c4cccc6nc(-c7ccccc7)c5n64)ccc3o2)cc1. The van der Waals surface area contributed by atoms with Crippen molar-refractivity contribution in [3.8, 4) is 33.8 Å². The molecule has 0 aliphatic carbocycles. The van der Waals surface area contributed by atoms with Crippen LogP contribution in [0.2, 0.25) is 0 Å². The van der Waals surface area contributed by atoms with Crippen LogP contribution in [0.4, 0.5) is 0 Å². The maximum absolute atomic E-state index is 6.02. The van der Waals surface area contributed by atoms with Gasteiger partial charge in [0.1, 0.15) is 11.2 Å². The summed E-state index contributed by atoms with van der Waals surface area (Å²) in [6.45, 7) is 0. The van der Waals surface area contributed by atoms with E-state index in [0.717, 1.165) is 50.2 Å². The lowest BCUT2D eigenvalue weighted by Gasteiger charge is -2.03. The molecule has 0 bridgehead atoms. The molecule has 4 nitrogen and oxygen atoms in total. The largest absolute Gasteiger partial charge is 0.436 e. The highest BCUT2D eigenvalue weighted by Crippen LogP contribution is 2.39. The van der Waals surface area contributed by atoms with E-state index in [9.17, 15) is 0 Å². The molecule has 36 heavy (non-hydrogen) atoms. The Balaban J connectivity index is 1.31. The first-order valence-electron chi connectivity index (χ1n) is 12.0. The molecular weight excluding hydrogens is 442 g/mol. The summed E-state index contributed by atoms with van der Waals surface area (Å²) in [5, 5.41) is 2.43. The molecule has 0 saturated heterocycles. The number of oxazole rings is 1. The topological polar surface area (TPSA) is 43.3 Å². The number of hydrogen-bond donors (Lipinski definition) is 0. The smallest absolute Gasteiger partial charge is 0.227 e. The van der Waals surface area contributed by atoms with Gasteiger partial charge in [0, 0.05) is 21.9 Å². The minimum atomic E-state index is 0.642. The Labute approximate surface area is 206 Å². The normalized spacial score (nSPS) is 11.9. The van der Waals surface area contributed by atoms with Crippen molar-refractivity contribution < 1.29 is 4.42 Å². The third-order valence-electron chi connectivity index (χ3n) is 6.98. The minimum absolute atomic E-state index is 0.642. The summed E-state index contributed by atoms with van der Waals surface area (Å²) in [5.41, 5.74) is 10.3. The molecule has 168 valence electrons. The number of hydrogen-bond acceptors (Lipinski definition) is 3. The molecule has 0 saturated carbocycles. The van der Waals surface area contributed by atoms with E-state index in [1.165, 1.54) is 16.3 Å². The molecule has 0 aliphatic heterocycles. The molecule has 0 N–H and O–H groups in total. The molecule has 4 aromatic heterocycles. The number of benzene rings is 4. The van der Waals surface area contributed by atoms with Crippen LogP contribution in [0.3, 0.4) is 0 Å². The van der Waals surface area contributed by atoms with Gasteiger partial charge < -0.3 is 4.42 Å². The Bertz CT molecular complexity index is 2040. The predicted octanol–water partition coefficient (Wildman–Crippen LogP) is 8.22. The Morgan fingerprint density at radius 3 is 2.14 bits per heavy atom. The predicted molar refractivity (Wildman–Crippen MR) is 145 cm³/mol. The maximum Gasteiger partial charge on any atom is 0.227 e. The van der Waals surface area contributed by atoms with Crippen molar-refractivity contribution in [1.82, 2.24) is 14.4 Å². The highest BCUT2D eigenvalue weighted by Gasteiger charge is 2.19. The fraction of sp³-hybridized carbons (Fsp3) is 0. The van der Waals surface area contributed by atoms with Gasteiger partial charge in [0.05, 0.1) is 16.7 Å². The Kier molecular flexibility index (Phi) is 3.91. The van der Waals surface area contributed by atoms with E-state index in [4.69, 9.17) is 14.4 Å².